The Morgan fingerprint density at radius 1 is 1.43 bits per heavy atom. The Kier molecular flexibility index (Phi) is 7.03. The van der Waals surface area contributed by atoms with E-state index in [9.17, 15) is 5.11 Å². The molecule has 1 aromatic rings. The van der Waals surface area contributed by atoms with Crippen molar-refractivity contribution in [2.75, 3.05) is 38.2 Å². The van der Waals surface area contributed by atoms with Gasteiger partial charge in [-0.05, 0) is 24.2 Å². The molecule has 2 aliphatic heterocycles. The first kappa shape index (κ1) is 18.9. The first-order valence-corrected chi connectivity index (χ1v) is 9.16. The highest BCUT2D eigenvalue weighted by molar-refractivity contribution is 14.0. The van der Waals surface area contributed by atoms with E-state index in [2.05, 4.69) is 45.5 Å². The van der Waals surface area contributed by atoms with Gasteiger partial charge >= 0.3 is 0 Å². The summed E-state index contributed by atoms with van der Waals surface area (Å²) in [5, 5.41) is 13.8. The van der Waals surface area contributed by atoms with Crippen molar-refractivity contribution >= 4 is 41.7 Å². The van der Waals surface area contributed by atoms with Crippen LogP contribution in [0.15, 0.2) is 35.3 Å². The SMILES string of the molecule is CN=C(NCC1(O)CCSC1)N1CCC(c2ccccc2)C1.I. The van der Waals surface area contributed by atoms with E-state index in [4.69, 9.17) is 0 Å². The van der Waals surface area contributed by atoms with Gasteiger partial charge in [0.2, 0.25) is 0 Å². The molecule has 0 bridgehead atoms. The first-order chi connectivity index (χ1) is 10.7. The summed E-state index contributed by atoms with van der Waals surface area (Å²) in [4.78, 5) is 6.71. The molecule has 4 nitrogen and oxygen atoms in total. The fourth-order valence-corrected chi connectivity index (χ4v) is 4.56. The van der Waals surface area contributed by atoms with E-state index in [1.165, 1.54) is 5.56 Å². The Labute approximate surface area is 160 Å². The molecule has 0 radical (unpaired) electrons. The number of guanidine groups is 1. The van der Waals surface area contributed by atoms with Gasteiger partial charge in [-0.15, -0.1) is 24.0 Å². The third-order valence-corrected chi connectivity index (χ3v) is 5.86. The van der Waals surface area contributed by atoms with Crippen molar-refractivity contribution in [1.29, 1.82) is 0 Å². The van der Waals surface area contributed by atoms with Crippen molar-refractivity contribution in [2.24, 2.45) is 4.99 Å². The highest BCUT2D eigenvalue weighted by atomic mass is 127. The van der Waals surface area contributed by atoms with Crippen LogP contribution in [-0.4, -0.2) is 59.8 Å². The van der Waals surface area contributed by atoms with Gasteiger partial charge in [0.05, 0.1) is 5.60 Å². The smallest absolute Gasteiger partial charge is 0.193 e. The maximum absolute atomic E-state index is 10.5. The van der Waals surface area contributed by atoms with Gasteiger partial charge in [-0.25, -0.2) is 0 Å². The van der Waals surface area contributed by atoms with E-state index in [1.807, 2.05) is 18.8 Å². The van der Waals surface area contributed by atoms with E-state index in [-0.39, 0.29) is 24.0 Å². The van der Waals surface area contributed by atoms with Crippen molar-refractivity contribution < 1.29 is 5.11 Å². The quantitative estimate of drug-likeness (QED) is 0.425. The van der Waals surface area contributed by atoms with Gasteiger partial charge in [-0.3, -0.25) is 4.99 Å². The number of hydrogen-bond donors (Lipinski definition) is 2. The first-order valence-electron chi connectivity index (χ1n) is 8.01. The summed E-state index contributed by atoms with van der Waals surface area (Å²) < 4.78 is 0. The predicted molar refractivity (Wildman–Crippen MR) is 109 cm³/mol. The summed E-state index contributed by atoms with van der Waals surface area (Å²) in [6.45, 7) is 2.61. The predicted octanol–water partition coefficient (Wildman–Crippen LogP) is 2.54. The monoisotopic (exact) mass is 447 g/mol. The molecule has 0 amide bonds. The van der Waals surface area contributed by atoms with Crippen LogP contribution < -0.4 is 5.32 Å². The number of benzene rings is 1. The van der Waals surface area contributed by atoms with Crippen molar-refractivity contribution in [3.8, 4) is 0 Å². The van der Waals surface area contributed by atoms with Crippen molar-refractivity contribution in [1.82, 2.24) is 10.2 Å². The summed E-state index contributed by atoms with van der Waals surface area (Å²) in [7, 11) is 1.83. The molecule has 0 aromatic heterocycles. The molecule has 6 heteroatoms. The molecule has 128 valence electrons. The molecule has 2 heterocycles. The third kappa shape index (κ3) is 4.76. The van der Waals surface area contributed by atoms with Crippen LogP contribution in [0.3, 0.4) is 0 Å². The molecule has 2 aliphatic rings. The van der Waals surface area contributed by atoms with E-state index in [1.54, 1.807) is 0 Å². The van der Waals surface area contributed by atoms with Crippen molar-refractivity contribution in [3.63, 3.8) is 0 Å². The van der Waals surface area contributed by atoms with Gasteiger partial charge in [0, 0.05) is 38.4 Å². The van der Waals surface area contributed by atoms with Crippen LogP contribution in [0.5, 0.6) is 0 Å². The van der Waals surface area contributed by atoms with Gasteiger partial charge in [-0.2, -0.15) is 11.8 Å². The maximum Gasteiger partial charge on any atom is 0.193 e. The maximum atomic E-state index is 10.5. The number of aliphatic hydroxyl groups is 1. The van der Waals surface area contributed by atoms with Crippen LogP contribution in [0.1, 0.15) is 24.3 Å². The summed E-state index contributed by atoms with van der Waals surface area (Å²) in [5.41, 5.74) is 0.838. The van der Waals surface area contributed by atoms with Gasteiger partial charge in [0.15, 0.2) is 5.96 Å². The minimum absolute atomic E-state index is 0. The average Bonchev–Trinajstić information content (AvgIpc) is 3.19. The molecule has 1 aromatic carbocycles. The molecule has 23 heavy (non-hydrogen) atoms. The molecule has 0 aliphatic carbocycles. The number of likely N-dealkylation sites (tertiary alicyclic amines) is 1. The van der Waals surface area contributed by atoms with E-state index in [0.29, 0.717) is 12.5 Å². The standard InChI is InChI=1S/C17H25N3OS.HI/c1-18-16(19-12-17(21)8-10-22-13-17)20-9-7-15(11-20)14-5-3-2-4-6-14;/h2-6,15,21H,7-13H2,1H3,(H,18,19);1H. The van der Waals surface area contributed by atoms with Crippen LogP contribution in [0.2, 0.25) is 0 Å². The number of halogens is 1. The zero-order valence-corrected chi connectivity index (χ0v) is 16.7. The number of hydrogen-bond acceptors (Lipinski definition) is 3. The number of rotatable bonds is 3. The molecule has 0 saturated carbocycles. The summed E-state index contributed by atoms with van der Waals surface area (Å²) in [6, 6.07) is 10.7. The van der Waals surface area contributed by atoms with Crippen LogP contribution in [0.4, 0.5) is 0 Å². The number of nitrogens with one attached hydrogen (secondary N) is 1. The van der Waals surface area contributed by atoms with Crippen LogP contribution in [0, 0.1) is 0 Å². The second kappa shape index (κ2) is 8.58. The minimum atomic E-state index is -0.570. The van der Waals surface area contributed by atoms with Gasteiger partial charge in [-0.1, -0.05) is 30.3 Å². The second-order valence-corrected chi connectivity index (χ2v) is 7.38. The lowest BCUT2D eigenvalue weighted by Gasteiger charge is -2.27. The Morgan fingerprint density at radius 3 is 2.87 bits per heavy atom. The second-order valence-electron chi connectivity index (χ2n) is 6.27. The Balaban J connectivity index is 0.00000192. The lowest BCUT2D eigenvalue weighted by Crippen LogP contribution is -2.48. The fourth-order valence-electron chi connectivity index (χ4n) is 3.26. The number of thioether (sulfide) groups is 1. The summed E-state index contributed by atoms with van der Waals surface area (Å²) in [6.07, 6.45) is 2.03. The Bertz CT molecular complexity index is 520. The Hall–Kier alpha value is -0.470. The van der Waals surface area contributed by atoms with Gasteiger partial charge < -0.3 is 15.3 Å². The lowest BCUT2D eigenvalue weighted by atomic mass is 9.99. The van der Waals surface area contributed by atoms with Gasteiger partial charge in [0.1, 0.15) is 0 Å². The normalized spacial score (nSPS) is 27.8. The van der Waals surface area contributed by atoms with E-state index >= 15 is 0 Å². The minimum Gasteiger partial charge on any atom is -0.387 e. The van der Waals surface area contributed by atoms with Crippen LogP contribution in [0.25, 0.3) is 0 Å². The molecule has 2 fully saturated rings. The van der Waals surface area contributed by atoms with Crippen molar-refractivity contribution in [3.05, 3.63) is 35.9 Å². The molecule has 2 saturated heterocycles. The molecular weight excluding hydrogens is 421 g/mol. The molecular formula is C17H26IN3OS. The third-order valence-electron chi connectivity index (χ3n) is 4.63. The largest absolute Gasteiger partial charge is 0.387 e. The highest BCUT2D eigenvalue weighted by Gasteiger charge is 2.33. The fraction of sp³-hybridized carbons (Fsp3) is 0.588. The van der Waals surface area contributed by atoms with Gasteiger partial charge in [0.25, 0.3) is 0 Å². The Morgan fingerprint density at radius 2 is 2.22 bits per heavy atom. The van der Waals surface area contributed by atoms with E-state index < -0.39 is 5.60 Å². The summed E-state index contributed by atoms with van der Waals surface area (Å²) >= 11 is 1.83. The topological polar surface area (TPSA) is 47.9 Å². The average molecular weight is 447 g/mol. The molecule has 2 unspecified atom stereocenters. The van der Waals surface area contributed by atoms with E-state index in [0.717, 1.165) is 43.4 Å². The highest BCUT2D eigenvalue weighted by Crippen LogP contribution is 2.28. The van der Waals surface area contributed by atoms with Crippen LogP contribution in [-0.2, 0) is 0 Å². The lowest BCUT2D eigenvalue weighted by molar-refractivity contribution is 0.0718. The molecule has 0 spiro atoms. The molecule has 2 N–H and O–H groups in total. The zero-order chi connectivity index (χ0) is 15.4. The molecule has 3 rings (SSSR count). The van der Waals surface area contributed by atoms with Crippen molar-refractivity contribution in [2.45, 2.75) is 24.4 Å². The number of aliphatic imine (C=N–C) groups is 1. The molecule has 2 atom stereocenters. The zero-order valence-electron chi connectivity index (χ0n) is 13.6. The van der Waals surface area contributed by atoms with Crippen LogP contribution >= 0.6 is 35.7 Å². The number of nitrogens with zero attached hydrogens (tertiary/aromatic N) is 2. The summed E-state index contributed by atoms with van der Waals surface area (Å²) in [5.74, 6) is 3.37.